The highest BCUT2D eigenvalue weighted by molar-refractivity contribution is 5.55. The molecule has 0 radical (unpaired) electrons. The number of ether oxygens (including phenoxy) is 2. The first-order valence-electron chi connectivity index (χ1n) is 8.60. The molecule has 2 heterocycles. The Kier molecular flexibility index (Phi) is 4.49. The monoisotopic (exact) mass is 329 g/mol. The Morgan fingerprint density at radius 1 is 1.21 bits per heavy atom. The molecule has 1 saturated heterocycles. The summed E-state index contributed by atoms with van der Waals surface area (Å²) in [4.78, 5) is 7.05. The van der Waals surface area contributed by atoms with Gasteiger partial charge in [-0.15, -0.1) is 0 Å². The summed E-state index contributed by atoms with van der Waals surface area (Å²) in [6.07, 6.45) is 3.70. The van der Waals surface area contributed by atoms with Crippen LogP contribution in [0.15, 0.2) is 28.8 Å². The standard InChI is InChI=1S/C18H23N3O3/c1-22-16-6-2-14(3-7-16)18-19-17(24-20-18)11-21(15-4-5-15)10-13-8-9-23-12-13/h2-3,6-7,13,15H,4-5,8-12H2,1H3. The molecule has 0 amide bonds. The summed E-state index contributed by atoms with van der Waals surface area (Å²) in [6, 6.07) is 8.37. The van der Waals surface area contributed by atoms with Gasteiger partial charge in [0.05, 0.1) is 20.3 Å². The Balaban J connectivity index is 1.42. The topological polar surface area (TPSA) is 60.6 Å². The average molecular weight is 329 g/mol. The molecule has 2 fully saturated rings. The number of nitrogens with zero attached hydrogens (tertiary/aromatic N) is 3. The summed E-state index contributed by atoms with van der Waals surface area (Å²) >= 11 is 0. The van der Waals surface area contributed by atoms with Gasteiger partial charge in [-0.25, -0.2) is 0 Å². The van der Waals surface area contributed by atoms with Crippen molar-refractivity contribution < 1.29 is 14.0 Å². The van der Waals surface area contributed by atoms with Crippen molar-refractivity contribution in [2.24, 2.45) is 5.92 Å². The smallest absolute Gasteiger partial charge is 0.241 e. The molecule has 1 unspecified atom stereocenters. The molecule has 0 spiro atoms. The zero-order valence-corrected chi connectivity index (χ0v) is 14.0. The Hall–Kier alpha value is -1.92. The molecule has 24 heavy (non-hydrogen) atoms. The van der Waals surface area contributed by atoms with E-state index in [4.69, 9.17) is 14.0 Å². The van der Waals surface area contributed by atoms with Crippen molar-refractivity contribution in [2.45, 2.75) is 31.8 Å². The molecule has 1 aromatic carbocycles. The summed E-state index contributed by atoms with van der Waals surface area (Å²) in [7, 11) is 1.66. The summed E-state index contributed by atoms with van der Waals surface area (Å²) in [5.74, 6) is 2.77. The molecular formula is C18H23N3O3. The van der Waals surface area contributed by atoms with Gasteiger partial charge in [-0.3, -0.25) is 4.90 Å². The van der Waals surface area contributed by atoms with Crippen molar-refractivity contribution in [3.8, 4) is 17.1 Å². The van der Waals surface area contributed by atoms with Gasteiger partial charge in [0.25, 0.3) is 0 Å². The third kappa shape index (κ3) is 3.60. The van der Waals surface area contributed by atoms with E-state index in [1.54, 1.807) is 7.11 Å². The van der Waals surface area contributed by atoms with E-state index >= 15 is 0 Å². The van der Waals surface area contributed by atoms with Gasteiger partial charge in [0.15, 0.2) is 0 Å². The lowest BCUT2D eigenvalue weighted by Crippen LogP contribution is -2.31. The van der Waals surface area contributed by atoms with Crippen LogP contribution in [0.2, 0.25) is 0 Å². The molecule has 1 aliphatic heterocycles. The van der Waals surface area contributed by atoms with E-state index in [1.807, 2.05) is 24.3 Å². The van der Waals surface area contributed by atoms with Gasteiger partial charge in [-0.05, 0) is 49.4 Å². The minimum atomic E-state index is 0.632. The summed E-state index contributed by atoms with van der Waals surface area (Å²) in [5.41, 5.74) is 0.938. The van der Waals surface area contributed by atoms with Gasteiger partial charge in [0.2, 0.25) is 11.7 Å². The molecule has 1 aliphatic carbocycles. The van der Waals surface area contributed by atoms with E-state index in [2.05, 4.69) is 15.0 Å². The van der Waals surface area contributed by atoms with Crippen molar-refractivity contribution in [3.63, 3.8) is 0 Å². The molecule has 4 rings (SSSR count). The fourth-order valence-electron chi connectivity index (χ4n) is 3.19. The molecule has 6 heteroatoms. The highest BCUT2D eigenvalue weighted by atomic mass is 16.5. The number of hydrogen-bond acceptors (Lipinski definition) is 6. The fourth-order valence-corrected chi connectivity index (χ4v) is 3.19. The van der Waals surface area contributed by atoms with Crippen LogP contribution < -0.4 is 4.74 Å². The van der Waals surface area contributed by atoms with Crippen molar-refractivity contribution in [1.29, 1.82) is 0 Å². The lowest BCUT2D eigenvalue weighted by molar-refractivity contribution is 0.153. The van der Waals surface area contributed by atoms with E-state index in [0.717, 1.165) is 44.0 Å². The molecule has 2 aliphatic rings. The second kappa shape index (κ2) is 6.91. The molecule has 1 saturated carbocycles. The molecule has 128 valence electrons. The molecule has 1 atom stereocenters. The van der Waals surface area contributed by atoms with Gasteiger partial charge >= 0.3 is 0 Å². The first kappa shape index (κ1) is 15.6. The second-order valence-corrected chi connectivity index (χ2v) is 6.63. The Morgan fingerprint density at radius 3 is 2.71 bits per heavy atom. The highest BCUT2D eigenvalue weighted by Gasteiger charge is 2.32. The van der Waals surface area contributed by atoms with Crippen LogP contribution in [0.1, 0.15) is 25.2 Å². The third-order valence-electron chi connectivity index (χ3n) is 4.73. The van der Waals surface area contributed by atoms with Crippen LogP contribution in [0.25, 0.3) is 11.4 Å². The number of hydrogen-bond donors (Lipinski definition) is 0. The summed E-state index contributed by atoms with van der Waals surface area (Å²) in [5, 5.41) is 4.13. The molecular weight excluding hydrogens is 306 g/mol. The quantitative estimate of drug-likeness (QED) is 0.778. The lowest BCUT2D eigenvalue weighted by atomic mass is 10.1. The van der Waals surface area contributed by atoms with E-state index in [-0.39, 0.29) is 0 Å². The van der Waals surface area contributed by atoms with E-state index in [1.165, 1.54) is 12.8 Å². The number of rotatable bonds is 7. The summed E-state index contributed by atoms with van der Waals surface area (Å²) in [6.45, 7) is 3.56. The van der Waals surface area contributed by atoms with Crippen molar-refractivity contribution >= 4 is 0 Å². The van der Waals surface area contributed by atoms with Gasteiger partial charge in [-0.2, -0.15) is 4.98 Å². The van der Waals surface area contributed by atoms with Crippen molar-refractivity contribution in [2.75, 3.05) is 26.9 Å². The molecule has 2 aromatic rings. The van der Waals surface area contributed by atoms with Gasteiger partial charge in [0.1, 0.15) is 5.75 Å². The Bertz CT molecular complexity index is 660. The van der Waals surface area contributed by atoms with Crippen LogP contribution in [0.5, 0.6) is 5.75 Å². The predicted molar refractivity (Wildman–Crippen MR) is 88.6 cm³/mol. The molecule has 0 N–H and O–H groups in total. The average Bonchev–Trinajstić information content (AvgIpc) is 3.14. The van der Waals surface area contributed by atoms with Crippen LogP contribution in [-0.4, -0.2) is 48.0 Å². The largest absolute Gasteiger partial charge is 0.497 e. The van der Waals surface area contributed by atoms with E-state index in [0.29, 0.717) is 23.7 Å². The number of aromatic nitrogens is 2. The van der Waals surface area contributed by atoms with Crippen molar-refractivity contribution in [3.05, 3.63) is 30.2 Å². The maximum Gasteiger partial charge on any atom is 0.241 e. The lowest BCUT2D eigenvalue weighted by Gasteiger charge is -2.22. The normalized spacial score (nSPS) is 20.7. The van der Waals surface area contributed by atoms with Crippen molar-refractivity contribution in [1.82, 2.24) is 15.0 Å². The number of benzene rings is 1. The first-order valence-corrected chi connectivity index (χ1v) is 8.60. The van der Waals surface area contributed by atoms with Crippen LogP contribution in [0.3, 0.4) is 0 Å². The Labute approximate surface area is 141 Å². The first-order chi connectivity index (χ1) is 11.8. The SMILES string of the molecule is COc1ccc(-c2noc(CN(CC3CCOC3)C3CC3)n2)cc1. The maximum absolute atomic E-state index is 5.50. The Morgan fingerprint density at radius 2 is 2.04 bits per heavy atom. The molecule has 6 nitrogen and oxygen atoms in total. The van der Waals surface area contributed by atoms with Gasteiger partial charge in [0, 0.05) is 24.8 Å². The van der Waals surface area contributed by atoms with Crippen LogP contribution in [-0.2, 0) is 11.3 Å². The highest BCUT2D eigenvalue weighted by Crippen LogP contribution is 2.30. The summed E-state index contributed by atoms with van der Waals surface area (Å²) < 4.78 is 16.2. The predicted octanol–water partition coefficient (Wildman–Crippen LogP) is 2.75. The minimum absolute atomic E-state index is 0.632. The second-order valence-electron chi connectivity index (χ2n) is 6.63. The van der Waals surface area contributed by atoms with Gasteiger partial charge < -0.3 is 14.0 Å². The third-order valence-corrected chi connectivity index (χ3v) is 4.73. The fraction of sp³-hybridized carbons (Fsp3) is 0.556. The van der Waals surface area contributed by atoms with Crippen LogP contribution in [0.4, 0.5) is 0 Å². The van der Waals surface area contributed by atoms with Crippen LogP contribution in [0, 0.1) is 5.92 Å². The zero-order chi connectivity index (χ0) is 16.4. The molecule has 1 aromatic heterocycles. The van der Waals surface area contributed by atoms with Gasteiger partial charge in [-0.1, -0.05) is 5.16 Å². The molecule has 0 bridgehead atoms. The minimum Gasteiger partial charge on any atom is -0.497 e. The number of methoxy groups -OCH3 is 1. The van der Waals surface area contributed by atoms with E-state index < -0.39 is 0 Å². The zero-order valence-electron chi connectivity index (χ0n) is 14.0. The van der Waals surface area contributed by atoms with E-state index in [9.17, 15) is 0 Å². The van der Waals surface area contributed by atoms with Crippen LogP contribution >= 0.6 is 0 Å². The maximum atomic E-state index is 5.50.